The summed E-state index contributed by atoms with van der Waals surface area (Å²) in [7, 11) is 0. The molecular formula is C9H13ClO2. The molecule has 0 fully saturated rings. The first-order valence-electron chi connectivity index (χ1n) is 4.13. The fourth-order valence-corrected chi connectivity index (χ4v) is 1.57. The Labute approximate surface area is 77.5 Å². The van der Waals surface area contributed by atoms with Crippen LogP contribution in [0.15, 0.2) is 12.2 Å². The van der Waals surface area contributed by atoms with Gasteiger partial charge in [0.25, 0.3) is 0 Å². The predicted octanol–water partition coefficient (Wildman–Crippen LogP) is 2.33. The van der Waals surface area contributed by atoms with Crippen LogP contribution in [-0.4, -0.2) is 12.0 Å². The molecule has 0 saturated carbocycles. The predicted molar refractivity (Wildman–Crippen MR) is 47.8 cm³/mol. The third-order valence-corrected chi connectivity index (χ3v) is 2.18. The van der Waals surface area contributed by atoms with Crippen LogP contribution >= 0.6 is 11.6 Å². The third-order valence-electron chi connectivity index (χ3n) is 2.07. The number of alkyl halides is 1. The smallest absolute Gasteiger partial charge is 0.310 e. The Balaban J connectivity index is 2.43. The number of esters is 1. The van der Waals surface area contributed by atoms with Crippen molar-refractivity contribution in [3.8, 4) is 0 Å². The maximum absolute atomic E-state index is 11.2. The first-order valence-corrected chi connectivity index (χ1v) is 4.66. The number of rotatable bonds is 2. The molecule has 2 atom stereocenters. The van der Waals surface area contributed by atoms with Crippen LogP contribution in [0.5, 0.6) is 0 Å². The molecule has 2 nitrogen and oxygen atoms in total. The van der Waals surface area contributed by atoms with E-state index in [1.807, 2.05) is 6.08 Å². The molecule has 0 aromatic carbocycles. The van der Waals surface area contributed by atoms with Crippen LogP contribution < -0.4 is 0 Å². The maximum atomic E-state index is 11.2. The van der Waals surface area contributed by atoms with Crippen molar-refractivity contribution in [1.82, 2.24) is 0 Å². The number of allylic oxidation sites excluding steroid dienone is 2. The zero-order chi connectivity index (χ0) is 8.97. The van der Waals surface area contributed by atoms with E-state index in [2.05, 4.69) is 13.0 Å². The monoisotopic (exact) mass is 188 g/mol. The lowest BCUT2D eigenvalue weighted by molar-refractivity contribution is -0.147. The summed E-state index contributed by atoms with van der Waals surface area (Å²) < 4.78 is 4.72. The summed E-state index contributed by atoms with van der Waals surface area (Å²) in [6, 6.07) is -0.0343. The highest BCUT2D eigenvalue weighted by Gasteiger charge is 2.22. The topological polar surface area (TPSA) is 26.3 Å². The summed E-state index contributed by atoms with van der Waals surface area (Å²) >= 11 is 5.29. The number of halogens is 1. The standard InChI is InChI=1S/C9H13ClO2/c1-7-3-2-4-8(5-7)9(11)12-6-10/h2-3,7-8H,4-6H2,1H3. The highest BCUT2D eigenvalue weighted by molar-refractivity contribution is 6.17. The van der Waals surface area contributed by atoms with E-state index in [1.165, 1.54) is 0 Å². The van der Waals surface area contributed by atoms with Gasteiger partial charge in [-0.1, -0.05) is 30.7 Å². The van der Waals surface area contributed by atoms with Crippen LogP contribution in [0.3, 0.4) is 0 Å². The molecule has 0 aromatic heterocycles. The highest BCUT2D eigenvalue weighted by atomic mass is 35.5. The largest absolute Gasteiger partial charge is 0.449 e. The molecule has 0 spiro atoms. The molecule has 1 rings (SSSR count). The van der Waals surface area contributed by atoms with Gasteiger partial charge >= 0.3 is 5.97 Å². The summed E-state index contributed by atoms with van der Waals surface area (Å²) in [5.41, 5.74) is 0. The Morgan fingerprint density at radius 1 is 1.75 bits per heavy atom. The van der Waals surface area contributed by atoms with Crippen LogP contribution in [0.4, 0.5) is 0 Å². The lowest BCUT2D eigenvalue weighted by Crippen LogP contribution is -2.21. The Bertz CT molecular complexity index is 189. The van der Waals surface area contributed by atoms with Crippen molar-refractivity contribution >= 4 is 17.6 Å². The van der Waals surface area contributed by atoms with Crippen molar-refractivity contribution in [3.05, 3.63) is 12.2 Å². The molecular weight excluding hydrogens is 176 g/mol. The second kappa shape index (κ2) is 4.51. The minimum Gasteiger partial charge on any atom is -0.449 e. The van der Waals surface area contributed by atoms with Crippen molar-refractivity contribution in [2.75, 3.05) is 6.07 Å². The van der Waals surface area contributed by atoms with Crippen LogP contribution in [0.1, 0.15) is 19.8 Å². The Hall–Kier alpha value is -0.500. The van der Waals surface area contributed by atoms with E-state index >= 15 is 0 Å². The van der Waals surface area contributed by atoms with Crippen LogP contribution in [0.25, 0.3) is 0 Å². The first kappa shape index (κ1) is 9.59. The van der Waals surface area contributed by atoms with Crippen molar-refractivity contribution in [2.24, 2.45) is 11.8 Å². The molecule has 0 saturated heterocycles. The van der Waals surface area contributed by atoms with E-state index in [4.69, 9.17) is 16.3 Å². The SMILES string of the molecule is CC1C=CCC(C(=O)OCCl)C1. The van der Waals surface area contributed by atoms with E-state index < -0.39 is 0 Å². The lowest BCUT2D eigenvalue weighted by Gasteiger charge is -2.19. The zero-order valence-electron chi connectivity index (χ0n) is 7.13. The van der Waals surface area contributed by atoms with Crippen LogP contribution in [0.2, 0.25) is 0 Å². The summed E-state index contributed by atoms with van der Waals surface area (Å²) in [6.45, 7) is 2.09. The summed E-state index contributed by atoms with van der Waals surface area (Å²) in [4.78, 5) is 11.2. The molecule has 12 heavy (non-hydrogen) atoms. The molecule has 0 aliphatic heterocycles. The third kappa shape index (κ3) is 2.52. The zero-order valence-corrected chi connectivity index (χ0v) is 7.88. The van der Waals surface area contributed by atoms with Gasteiger partial charge in [-0.25, -0.2) is 0 Å². The van der Waals surface area contributed by atoms with Crippen molar-refractivity contribution in [2.45, 2.75) is 19.8 Å². The van der Waals surface area contributed by atoms with Gasteiger partial charge in [0.15, 0.2) is 6.07 Å². The average molecular weight is 189 g/mol. The number of ether oxygens (including phenoxy) is 1. The molecule has 2 unspecified atom stereocenters. The van der Waals surface area contributed by atoms with Crippen molar-refractivity contribution in [1.29, 1.82) is 0 Å². The van der Waals surface area contributed by atoms with Gasteiger partial charge in [-0.2, -0.15) is 0 Å². The van der Waals surface area contributed by atoms with E-state index in [9.17, 15) is 4.79 Å². The minimum absolute atomic E-state index is 0.0174. The van der Waals surface area contributed by atoms with E-state index in [-0.39, 0.29) is 18.0 Å². The Morgan fingerprint density at radius 3 is 3.08 bits per heavy atom. The molecule has 0 radical (unpaired) electrons. The molecule has 0 N–H and O–H groups in total. The molecule has 68 valence electrons. The van der Waals surface area contributed by atoms with Crippen molar-refractivity contribution in [3.63, 3.8) is 0 Å². The van der Waals surface area contributed by atoms with Gasteiger partial charge in [0, 0.05) is 0 Å². The first-order chi connectivity index (χ1) is 5.74. The van der Waals surface area contributed by atoms with Crippen LogP contribution in [0, 0.1) is 11.8 Å². The van der Waals surface area contributed by atoms with Gasteiger partial charge in [0.05, 0.1) is 5.92 Å². The number of carbonyl (C=O) groups excluding carboxylic acids is 1. The molecule has 0 heterocycles. The van der Waals surface area contributed by atoms with Gasteiger partial charge in [-0.3, -0.25) is 4.79 Å². The van der Waals surface area contributed by atoms with Gasteiger partial charge in [0.2, 0.25) is 0 Å². The second-order valence-corrected chi connectivity index (χ2v) is 3.36. The van der Waals surface area contributed by atoms with Gasteiger partial charge < -0.3 is 4.74 Å². The normalized spacial score (nSPS) is 28.5. The average Bonchev–Trinajstić information content (AvgIpc) is 2.05. The van der Waals surface area contributed by atoms with E-state index in [0.29, 0.717) is 5.92 Å². The summed E-state index contributed by atoms with van der Waals surface area (Å²) in [6.07, 6.45) is 5.84. The van der Waals surface area contributed by atoms with E-state index in [0.717, 1.165) is 12.8 Å². The summed E-state index contributed by atoms with van der Waals surface area (Å²) in [5, 5.41) is 0. The Morgan fingerprint density at radius 2 is 2.50 bits per heavy atom. The van der Waals surface area contributed by atoms with Crippen LogP contribution in [-0.2, 0) is 9.53 Å². The molecule has 0 bridgehead atoms. The Kier molecular flexibility index (Phi) is 3.60. The molecule has 0 amide bonds. The van der Waals surface area contributed by atoms with Gasteiger partial charge in [0.1, 0.15) is 0 Å². The number of hydrogen-bond donors (Lipinski definition) is 0. The molecule has 1 aliphatic rings. The highest BCUT2D eigenvalue weighted by Crippen LogP contribution is 2.23. The van der Waals surface area contributed by atoms with Gasteiger partial charge in [-0.05, 0) is 18.8 Å². The van der Waals surface area contributed by atoms with Gasteiger partial charge in [-0.15, -0.1) is 0 Å². The summed E-state index contributed by atoms with van der Waals surface area (Å²) in [5.74, 6) is 0.330. The van der Waals surface area contributed by atoms with E-state index in [1.54, 1.807) is 0 Å². The molecule has 3 heteroatoms. The quantitative estimate of drug-likeness (QED) is 0.378. The van der Waals surface area contributed by atoms with Crippen molar-refractivity contribution < 1.29 is 9.53 Å². The minimum atomic E-state index is -0.166. The number of hydrogen-bond acceptors (Lipinski definition) is 2. The lowest BCUT2D eigenvalue weighted by atomic mass is 9.88. The second-order valence-electron chi connectivity index (χ2n) is 3.15. The fraction of sp³-hybridized carbons (Fsp3) is 0.667. The molecule has 0 aromatic rings. The maximum Gasteiger partial charge on any atom is 0.310 e. The fourth-order valence-electron chi connectivity index (χ4n) is 1.46. The number of carbonyl (C=O) groups is 1. The molecule has 1 aliphatic carbocycles.